The van der Waals surface area contributed by atoms with Crippen molar-refractivity contribution in [3.8, 4) is 0 Å². The Morgan fingerprint density at radius 2 is 1.71 bits per heavy atom. The number of aliphatic hydroxyl groups is 4. The second-order valence-electron chi connectivity index (χ2n) is 12.9. The molecule has 11 heteroatoms. The minimum absolute atomic E-state index is 0.00938. The summed E-state index contributed by atoms with van der Waals surface area (Å²) in [6, 6.07) is 8.13. The number of ether oxygens (including phenoxy) is 4. The maximum atomic E-state index is 13.8. The molecule has 0 spiro atoms. The molecular weight excluding hydrogens is 548 g/mol. The molecule has 1 saturated heterocycles. The van der Waals surface area contributed by atoms with E-state index in [1.165, 1.54) is 13.8 Å². The molecule has 5 rings (SSSR count). The van der Waals surface area contributed by atoms with Crippen LogP contribution in [0.5, 0.6) is 0 Å². The summed E-state index contributed by atoms with van der Waals surface area (Å²) in [5, 5.41) is 41.9. The Labute approximate surface area is 245 Å². The zero-order chi connectivity index (χ0) is 31.7. The Bertz CT molecular complexity index is 1330. The maximum Gasteiger partial charge on any atom is 0.338 e. The van der Waals surface area contributed by atoms with E-state index in [4.69, 9.17) is 25.5 Å². The Morgan fingerprint density at radius 1 is 1.05 bits per heavy atom. The summed E-state index contributed by atoms with van der Waals surface area (Å²) in [6.07, 6.45) is -8.10. The van der Waals surface area contributed by atoms with Gasteiger partial charge in [0.25, 0.3) is 0 Å². The van der Waals surface area contributed by atoms with Crippen LogP contribution in [0.1, 0.15) is 64.7 Å². The number of fused-ring (bicyclic) bond motifs is 5. The van der Waals surface area contributed by atoms with Crippen molar-refractivity contribution in [2.24, 2.45) is 16.7 Å². The summed E-state index contributed by atoms with van der Waals surface area (Å²) >= 11 is 0. The molecule has 4 aliphatic rings. The van der Waals surface area contributed by atoms with Gasteiger partial charge in [-0.2, -0.15) is 0 Å². The number of aliphatic hydroxyl groups excluding tert-OH is 3. The first-order chi connectivity index (χ1) is 20.1. The van der Waals surface area contributed by atoms with Crippen molar-refractivity contribution in [2.45, 2.75) is 102 Å². The molecular formula is C31H40O11. The van der Waals surface area contributed by atoms with Crippen LogP contribution in [0, 0.1) is 16.7 Å². The molecule has 1 aromatic rings. The molecule has 3 aliphatic carbocycles. The van der Waals surface area contributed by atoms with E-state index < -0.39 is 82.5 Å². The highest BCUT2D eigenvalue weighted by atomic mass is 16.6. The van der Waals surface area contributed by atoms with Crippen LogP contribution in [-0.2, 0) is 28.5 Å². The molecule has 1 aliphatic heterocycles. The van der Waals surface area contributed by atoms with Gasteiger partial charge in [0.05, 0.1) is 30.3 Å². The molecule has 0 aromatic heterocycles. The first kappa shape index (κ1) is 29.3. The van der Waals surface area contributed by atoms with E-state index in [1.54, 1.807) is 58.0 Å². The van der Waals surface area contributed by atoms with Crippen LogP contribution in [-0.4, -0.2) is 94.2 Å². The van der Waals surface area contributed by atoms with E-state index >= 15 is 0 Å². The van der Waals surface area contributed by atoms with Crippen molar-refractivity contribution in [2.75, 3.05) is 6.61 Å². The van der Waals surface area contributed by atoms with Crippen LogP contribution < -0.4 is 0 Å². The predicted octanol–water partition coefficient (Wildman–Crippen LogP) is 1.44. The van der Waals surface area contributed by atoms with Crippen molar-refractivity contribution in [1.29, 1.82) is 1.43 Å². The van der Waals surface area contributed by atoms with Crippen molar-refractivity contribution >= 4 is 17.9 Å². The summed E-state index contributed by atoms with van der Waals surface area (Å²) in [5.74, 6) is -3.46. The summed E-state index contributed by atoms with van der Waals surface area (Å²) < 4.78 is 31.9. The van der Waals surface area contributed by atoms with Crippen LogP contribution in [0.3, 0.4) is 0 Å². The molecule has 230 valence electrons. The number of carbonyl (C=O) groups excluding carboxylic acids is 3. The summed E-state index contributed by atoms with van der Waals surface area (Å²) in [5.41, 5.74) is -5.81. The van der Waals surface area contributed by atoms with E-state index in [0.29, 0.717) is 5.57 Å². The summed E-state index contributed by atoms with van der Waals surface area (Å²) in [4.78, 5) is 38.9. The first-order valence-corrected chi connectivity index (χ1v) is 14.2. The summed E-state index contributed by atoms with van der Waals surface area (Å²) in [7, 11) is 0. The maximum absolute atomic E-state index is 13.8. The third kappa shape index (κ3) is 4.16. The number of hydrogen-bond donors (Lipinski definition) is 4. The lowest BCUT2D eigenvalue weighted by atomic mass is 9.44. The number of hydrogen-bond acceptors (Lipinski definition) is 11. The van der Waals surface area contributed by atoms with Gasteiger partial charge in [-0.05, 0) is 30.2 Å². The molecule has 10 atom stereocenters. The molecule has 0 amide bonds. The largest absolute Gasteiger partial charge is 0.455 e. The quantitative estimate of drug-likeness (QED) is 0.222. The average molecular weight is 591 g/mol. The van der Waals surface area contributed by atoms with Gasteiger partial charge >= 0.3 is 17.9 Å². The Kier molecular flexibility index (Phi) is 7.05. The molecule has 2 bridgehead atoms. The fourth-order valence-electron chi connectivity index (χ4n) is 8.13. The van der Waals surface area contributed by atoms with Crippen LogP contribution in [0.4, 0.5) is 0 Å². The molecule has 0 radical (unpaired) electrons. The smallest absolute Gasteiger partial charge is 0.338 e. The Morgan fingerprint density at radius 3 is 2.26 bits per heavy atom. The van der Waals surface area contributed by atoms with E-state index in [-0.39, 0.29) is 30.6 Å². The van der Waals surface area contributed by atoms with Gasteiger partial charge in [0.1, 0.15) is 23.9 Å². The van der Waals surface area contributed by atoms with Gasteiger partial charge < -0.3 is 39.4 Å². The summed E-state index contributed by atoms with van der Waals surface area (Å²) in [6.45, 7) is 8.79. The van der Waals surface area contributed by atoms with Gasteiger partial charge in [-0.25, -0.2) is 4.79 Å². The highest BCUT2D eigenvalue weighted by molar-refractivity contribution is 5.89. The topological polar surface area (TPSA) is 169 Å². The van der Waals surface area contributed by atoms with Crippen molar-refractivity contribution in [1.82, 2.24) is 0 Å². The zero-order valence-corrected chi connectivity index (χ0v) is 24.7. The SMILES string of the molecule is [3H]O[C@H]1C[C@H]2OC[C@@]2(OC(C)=O)C2C(OC(=O)c3ccccc3)[C@]3(O)C[C@H](O)C(C)=C([C@@H](OC(C)=O)[C@@H](O)[C@@]21C)C3(C)C. The highest BCUT2D eigenvalue weighted by Crippen LogP contribution is 2.65. The fraction of sp³-hybridized carbons (Fsp3) is 0.645. The van der Waals surface area contributed by atoms with Crippen LogP contribution in [0.25, 0.3) is 0 Å². The Balaban J connectivity index is 1.85. The van der Waals surface area contributed by atoms with E-state index in [1.807, 2.05) is 0 Å². The molecule has 42 heavy (non-hydrogen) atoms. The minimum atomic E-state index is -2.08. The second-order valence-corrected chi connectivity index (χ2v) is 12.9. The molecule has 1 aromatic carbocycles. The van der Waals surface area contributed by atoms with Gasteiger partial charge in [-0.3, -0.25) is 9.59 Å². The number of benzene rings is 1. The molecule has 2 saturated carbocycles. The molecule has 4 N–H and O–H groups in total. The monoisotopic (exact) mass is 590 g/mol. The fourth-order valence-corrected chi connectivity index (χ4v) is 8.13. The van der Waals surface area contributed by atoms with E-state index in [0.717, 1.165) is 0 Å². The van der Waals surface area contributed by atoms with Crippen LogP contribution in [0.2, 0.25) is 0 Å². The predicted molar refractivity (Wildman–Crippen MR) is 146 cm³/mol. The lowest BCUT2D eigenvalue weighted by Crippen LogP contribution is -2.82. The van der Waals surface area contributed by atoms with Crippen molar-refractivity contribution in [3.63, 3.8) is 0 Å². The molecule has 2 unspecified atom stereocenters. The zero-order valence-electron chi connectivity index (χ0n) is 25.7. The third-order valence-electron chi connectivity index (χ3n) is 10.4. The van der Waals surface area contributed by atoms with Gasteiger partial charge in [0, 0.05) is 37.5 Å². The lowest BCUT2D eigenvalue weighted by molar-refractivity contribution is -0.365. The molecule has 11 nitrogen and oxygen atoms in total. The number of carbonyl (C=O) groups is 3. The number of rotatable bonds is 5. The average Bonchev–Trinajstić information content (AvgIpc) is 2.92. The van der Waals surface area contributed by atoms with Gasteiger partial charge in [-0.15, -0.1) is 0 Å². The van der Waals surface area contributed by atoms with Crippen LogP contribution >= 0.6 is 0 Å². The van der Waals surface area contributed by atoms with Crippen molar-refractivity contribution in [3.05, 3.63) is 47.0 Å². The molecule has 3 fully saturated rings. The van der Waals surface area contributed by atoms with E-state index in [2.05, 4.69) is 0 Å². The van der Waals surface area contributed by atoms with Crippen molar-refractivity contribution < 1.29 is 53.8 Å². The van der Waals surface area contributed by atoms with Gasteiger partial charge in [0.2, 0.25) is 1.43 Å². The third-order valence-corrected chi connectivity index (χ3v) is 10.4. The first-order valence-electron chi connectivity index (χ1n) is 14.6. The highest BCUT2D eigenvalue weighted by Gasteiger charge is 2.78. The lowest BCUT2D eigenvalue weighted by Gasteiger charge is -2.69. The van der Waals surface area contributed by atoms with Crippen LogP contribution in [0.15, 0.2) is 41.5 Å². The Hall–Kier alpha value is -2.83. The normalized spacial score (nSPS) is 42.4. The van der Waals surface area contributed by atoms with Gasteiger partial charge in [0.15, 0.2) is 11.7 Å². The minimum Gasteiger partial charge on any atom is -0.455 e. The number of esters is 3. The van der Waals surface area contributed by atoms with E-state index in [9.17, 15) is 29.7 Å². The van der Waals surface area contributed by atoms with Gasteiger partial charge in [-0.1, -0.05) is 39.0 Å². The molecule has 1 heterocycles. The second kappa shape index (κ2) is 10.1. The standard InChI is InChI=1S/C31H40O11/c1-15-19(34)13-31(38)26(41-27(37)18-10-8-7-9-11-18)24-29(6,20(35)12-21-30(24,14-39-21)42-17(3)33)25(36)23(40-16(2)32)22(15)28(31,4)5/h7-11,19-21,23-26,34-36,38H,12-14H2,1-6H3/t19-,20-,21+,23+,24?,25+,26?,29+,30-,31+/m0/s1/i35T.